The van der Waals surface area contributed by atoms with Crippen LogP contribution in [0.15, 0.2) is 54.6 Å². The number of nitrogens with zero attached hydrogens (tertiary/aromatic N) is 3. The van der Waals surface area contributed by atoms with E-state index in [2.05, 4.69) is 24.1 Å². The van der Waals surface area contributed by atoms with Crippen molar-refractivity contribution in [3.63, 3.8) is 0 Å². The third-order valence-electron chi connectivity index (χ3n) is 8.86. The Morgan fingerprint density at radius 1 is 1.21 bits per heavy atom. The van der Waals surface area contributed by atoms with Gasteiger partial charge in [0.25, 0.3) is 0 Å². The van der Waals surface area contributed by atoms with Gasteiger partial charge in [-0.2, -0.15) is 5.10 Å². The largest absolute Gasteiger partial charge is 0.478 e. The van der Waals surface area contributed by atoms with Gasteiger partial charge in [-0.3, -0.25) is 9.69 Å². The standard InChI is InChI=1S/C31H27Cl2FN4O4/c1-15(2)10-11-37-24-14-42-28-18-8-6-16(29(39)40)12-22(18)36-38(28)27(24)25(19-4-3-5-21(33)26(19)34)31(37)20-9-7-17(32)13-23(20)35-30(31)41/h3-9,12-13,15,24-25,27H,10-11,14H2,1-2H3,(H,35,41)(H,39,40)/t24-,25-,27+,31+/m0/s1. The van der Waals surface area contributed by atoms with Crippen LogP contribution in [0.3, 0.4) is 0 Å². The first-order chi connectivity index (χ1) is 20.1. The average molecular weight is 609 g/mol. The summed E-state index contributed by atoms with van der Waals surface area (Å²) in [5, 5.41) is 18.5. The van der Waals surface area contributed by atoms with E-state index in [1.54, 1.807) is 35.0 Å². The number of nitrogens with one attached hydrogen (secondary N) is 1. The molecule has 3 aromatic carbocycles. The molecule has 4 heterocycles. The van der Waals surface area contributed by atoms with Gasteiger partial charge < -0.3 is 15.2 Å². The topological polar surface area (TPSA) is 96.7 Å². The molecule has 0 radical (unpaired) electrons. The molecule has 8 nitrogen and oxygen atoms in total. The van der Waals surface area contributed by atoms with Crippen LogP contribution >= 0.6 is 23.2 Å². The number of amides is 1. The molecule has 2 N–H and O–H groups in total. The van der Waals surface area contributed by atoms with Crippen molar-refractivity contribution in [2.45, 2.75) is 43.8 Å². The Bertz CT molecular complexity index is 1790. The molecule has 0 bridgehead atoms. The molecule has 1 amide bonds. The zero-order valence-electron chi connectivity index (χ0n) is 22.8. The van der Waals surface area contributed by atoms with Crippen LogP contribution in [0.1, 0.15) is 53.7 Å². The van der Waals surface area contributed by atoms with E-state index in [1.165, 1.54) is 18.2 Å². The second kappa shape index (κ2) is 9.69. The quantitative estimate of drug-likeness (QED) is 0.269. The van der Waals surface area contributed by atoms with Crippen molar-refractivity contribution in [1.82, 2.24) is 14.7 Å². The maximum absolute atomic E-state index is 16.1. The summed E-state index contributed by atoms with van der Waals surface area (Å²) in [6.07, 6.45) is 0.780. The fourth-order valence-electron chi connectivity index (χ4n) is 7.11. The summed E-state index contributed by atoms with van der Waals surface area (Å²) in [7, 11) is 0. The van der Waals surface area contributed by atoms with E-state index in [4.69, 9.17) is 33.0 Å². The van der Waals surface area contributed by atoms with Gasteiger partial charge in [0.2, 0.25) is 11.8 Å². The fraction of sp³-hybridized carbons (Fsp3) is 0.323. The highest BCUT2D eigenvalue weighted by molar-refractivity contribution is 6.31. The van der Waals surface area contributed by atoms with E-state index >= 15 is 4.39 Å². The molecule has 1 spiro atoms. The van der Waals surface area contributed by atoms with Crippen LogP contribution < -0.4 is 10.1 Å². The predicted molar refractivity (Wildman–Crippen MR) is 157 cm³/mol. The van der Waals surface area contributed by atoms with E-state index in [0.29, 0.717) is 51.1 Å². The van der Waals surface area contributed by atoms with Crippen molar-refractivity contribution >= 4 is 51.7 Å². The lowest BCUT2D eigenvalue weighted by Crippen LogP contribution is -2.53. The van der Waals surface area contributed by atoms with Gasteiger partial charge in [0.15, 0.2) is 0 Å². The second-order valence-corrected chi connectivity index (χ2v) is 12.4. The van der Waals surface area contributed by atoms with Crippen LogP contribution in [0.4, 0.5) is 10.1 Å². The highest BCUT2D eigenvalue weighted by Gasteiger charge is 2.69. The van der Waals surface area contributed by atoms with Crippen molar-refractivity contribution in [1.29, 1.82) is 0 Å². The van der Waals surface area contributed by atoms with E-state index < -0.39 is 29.3 Å². The SMILES string of the molecule is CC(C)CCN1[C@H]2COc3c4ccc(C(=O)O)cc4nn3[C@H]2[C@H](c2cccc(Cl)c2F)[C@]12C(=O)Nc1cc(Cl)ccc12. The third kappa shape index (κ3) is 3.73. The lowest BCUT2D eigenvalue weighted by atomic mass is 9.73. The predicted octanol–water partition coefficient (Wildman–Crippen LogP) is 6.48. The zero-order chi connectivity index (χ0) is 29.5. The number of likely N-dealkylation sites (tertiary alicyclic amines) is 1. The minimum absolute atomic E-state index is 0.0430. The summed E-state index contributed by atoms with van der Waals surface area (Å²) in [6, 6.07) is 13.9. The van der Waals surface area contributed by atoms with Crippen LogP contribution in [-0.2, 0) is 10.3 Å². The molecule has 1 saturated heterocycles. The van der Waals surface area contributed by atoms with Gasteiger partial charge >= 0.3 is 5.97 Å². The number of hydrogen-bond donors (Lipinski definition) is 2. The van der Waals surface area contributed by atoms with E-state index in [0.717, 1.165) is 6.42 Å². The third-order valence-corrected chi connectivity index (χ3v) is 9.39. The molecular formula is C31H27Cl2FN4O4. The van der Waals surface area contributed by atoms with E-state index in [-0.39, 0.29) is 29.1 Å². The second-order valence-electron chi connectivity index (χ2n) is 11.6. The molecule has 0 unspecified atom stereocenters. The van der Waals surface area contributed by atoms with Gasteiger partial charge in [-0.1, -0.05) is 55.2 Å². The summed E-state index contributed by atoms with van der Waals surface area (Å²) in [6.45, 7) is 5.00. The number of carboxylic acid groups (broad SMARTS) is 1. The molecule has 4 aromatic rings. The number of benzene rings is 3. The zero-order valence-corrected chi connectivity index (χ0v) is 24.3. The Morgan fingerprint density at radius 2 is 2.02 bits per heavy atom. The number of aromatic carboxylic acids is 1. The maximum Gasteiger partial charge on any atom is 0.335 e. The van der Waals surface area contributed by atoms with Crippen molar-refractivity contribution < 1.29 is 23.8 Å². The number of carboxylic acids is 1. The summed E-state index contributed by atoms with van der Waals surface area (Å²) in [5.74, 6) is -1.94. The lowest BCUT2D eigenvalue weighted by molar-refractivity contribution is -0.128. The Morgan fingerprint density at radius 3 is 2.79 bits per heavy atom. The summed E-state index contributed by atoms with van der Waals surface area (Å²) in [4.78, 5) is 28.3. The molecule has 216 valence electrons. The molecule has 7 rings (SSSR count). The molecule has 1 fully saturated rings. The van der Waals surface area contributed by atoms with Gasteiger partial charge in [-0.25, -0.2) is 13.9 Å². The number of ether oxygens (including phenoxy) is 1. The molecule has 42 heavy (non-hydrogen) atoms. The smallest absolute Gasteiger partial charge is 0.335 e. The summed E-state index contributed by atoms with van der Waals surface area (Å²) >= 11 is 12.7. The van der Waals surface area contributed by atoms with Crippen LogP contribution in [0.2, 0.25) is 10.0 Å². The first-order valence-corrected chi connectivity index (χ1v) is 14.6. The van der Waals surface area contributed by atoms with E-state index in [9.17, 15) is 14.7 Å². The van der Waals surface area contributed by atoms with Gasteiger partial charge in [-0.15, -0.1) is 0 Å². The van der Waals surface area contributed by atoms with Gasteiger partial charge in [0.05, 0.1) is 33.6 Å². The van der Waals surface area contributed by atoms with Crippen LogP contribution in [0.25, 0.3) is 10.9 Å². The Hall–Kier alpha value is -3.66. The van der Waals surface area contributed by atoms with Crippen LogP contribution in [0.5, 0.6) is 5.88 Å². The molecule has 11 heteroatoms. The monoisotopic (exact) mass is 608 g/mol. The van der Waals surface area contributed by atoms with Gasteiger partial charge in [-0.05, 0) is 54.3 Å². The number of halogens is 3. The Labute approximate surface area is 251 Å². The number of anilines is 1. The van der Waals surface area contributed by atoms with Gasteiger partial charge in [0.1, 0.15) is 18.0 Å². The molecule has 0 saturated carbocycles. The minimum Gasteiger partial charge on any atom is -0.478 e. The summed E-state index contributed by atoms with van der Waals surface area (Å²) in [5.41, 5.74) is 0.770. The van der Waals surface area contributed by atoms with Crippen LogP contribution in [-0.4, -0.2) is 50.9 Å². The maximum atomic E-state index is 16.1. The van der Waals surface area contributed by atoms with Crippen LogP contribution in [0, 0.1) is 11.7 Å². The lowest BCUT2D eigenvalue weighted by Gasteiger charge is -2.39. The number of carbonyl (C=O) groups excluding carboxylic acids is 1. The van der Waals surface area contributed by atoms with Gasteiger partial charge in [0, 0.05) is 28.7 Å². The Kier molecular flexibility index (Phi) is 6.27. The summed E-state index contributed by atoms with van der Waals surface area (Å²) < 4.78 is 24.2. The molecular weight excluding hydrogens is 582 g/mol. The van der Waals surface area contributed by atoms with E-state index in [1.807, 2.05) is 6.07 Å². The average Bonchev–Trinajstić information content (AvgIpc) is 3.56. The first kappa shape index (κ1) is 27.2. The highest BCUT2D eigenvalue weighted by atomic mass is 35.5. The fourth-order valence-corrected chi connectivity index (χ4v) is 7.46. The molecule has 3 aliphatic heterocycles. The molecule has 3 aliphatic rings. The van der Waals surface area contributed by atoms with Crippen molar-refractivity contribution in [2.24, 2.45) is 5.92 Å². The van der Waals surface area contributed by atoms with Crippen molar-refractivity contribution in [3.8, 4) is 5.88 Å². The molecule has 0 aliphatic carbocycles. The molecule has 4 atom stereocenters. The number of rotatable bonds is 5. The normalized spacial score (nSPS) is 24.5. The number of carbonyl (C=O) groups is 2. The number of hydrogen-bond acceptors (Lipinski definition) is 5. The highest BCUT2D eigenvalue weighted by Crippen LogP contribution is 2.63. The minimum atomic E-state index is -1.33. The molecule has 1 aromatic heterocycles. The Balaban J connectivity index is 1.54. The van der Waals surface area contributed by atoms with Crippen molar-refractivity contribution in [2.75, 3.05) is 18.5 Å². The number of fused-ring (bicyclic) bond motifs is 7. The number of aromatic nitrogens is 2. The first-order valence-electron chi connectivity index (χ1n) is 13.8. The van der Waals surface area contributed by atoms with Crippen molar-refractivity contribution in [3.05, 3.63) is 87.2 Å².